The van der Waals surface area contributed by atoms with Crippen LogP contribution >= 0.6 is 0 Å². The van der Waals surface area contributed by atoms with E-state index in [0.717, 1.165) is 25.9 Å². The molecule has 0 saturated carbocycles. The molecule has 1 amide bonds. The van der Waals surface area contributed by atoms with Crippen molar-refractivity contribution in [2.45, 2.75) is 25.7 Å². The molecule has 20 heavy (non-hydrogen) atoms. The molecule has 5 heteroatoms. The molecule has 2 rings (SSSR count). The summed E-state index contributed by atoms with van der Waals surface area (Å²) in [4.78, 5) is 13.8. The Kier molecular flexibility index (Phi) is 4.94. The number of piperidine rings is 1. The smallest absolute Gasteiger partial charge is 0.224 e. The third-order valence-electron chi connectivity index (χ3n) is 3.46. The fraction of sp³-hybridized carbons (Fsp3) is 0.467. The van der Waals surface area contributed by atoms with E-state index in [1.165, 1.54) is 18.6 Å². The monoisotopic (exact) mass is 275 g/mol. The van der Waals surface area contributed by atoms with E-state index in [4.69, 9.17) is 5.26 Å². The number of rotatable bonds is 4. The van der Waals surface area contributed by atoms with Crippen molar-refractivity contribution in [1.29, 1.82) is 5.26 Å². The van der Waals surface area contributed by atoms with Gasteiger partial charge in [0.2, 0.25) is 5.91 Å². The van der Waals surface area contributed by atoms with Gasteiger partial charge >= 0.3 is 0 Å². The maximum absolute atomic E-state index is 13.6. The summed E-state index contributed by atoms with van der Waals surface area (Å²) in [6, 6.07) is 6.15. The zero-order valence-electron chi connectivity index (χ0n) is 11.4. The molecular formula is C15H18FN3O. The van der Waals surface area contributed by atoms with E-state index >= 15 is 0 Å². The Morgan fingerprint density at radius 3 is 2.75 bits per heavy atom. The van der Waals surface area contributed by atoms with Crippen LogP contribution in [0, 0.1) is 17.1 Å². The molecule has 0 atom stereocenters. The number of nitrogens with zero attached hydrogens (tertiary/aromatic N) is 2. The van der Waals surface area contributed by atoms with Gasteiger partial charge in [0.25, 0.3) is 0 Å². The quantitative estimate of drug-likeness (QED) is 0.918. The number of halogens is 1. The first-order chi connectivity index (χ1) is 9.70. The minimum Gasteiger partial charge on any atom is -0.382 e. The first-order valence-corrected chi connectivity index (χ1v) is 6.92. The van der Waals surface area contributed by atoms with Crippen LogP contribution in [0.25, 0.3) is 0 Å². The van der Waals surface area contributed by atoms with Crippen molar-refractivity contribution in [2.24, 2.45) is 0 Å². The van der Waals surface area contributed by atoms with Gasteiger partial charge in [-0.2, -0.15) is 5.26 Å². The zero-order valence-corrected chi connectivity index (χ0v) is 11.4. The molecule has 4 nitrogen and oxygen atoms in total. The minimum atomic E-state index is -0.463. The van der Waals surface area contributed by atoms with Crippen LogP contribution in [-0.2, 0) is 4.79 Å². The van der Waals surface area contributed by atoms with Gasteiger partial charge in [-0.15, -0.1) is 0 Å². The average molecular weight is 275 g/mol. The van der Waals surface area contributed by atoms with E-state index in [2.05, 4.69) is 5.32 Å². The predicted molar refractivity (Wildman–Crippen MR) is 74.7 cm³/mol. The maximum atomic E-state index is 13.6. The van der Waals surface area contributed by atoms with Gasteiger partial charge in [-0.1, -0.05) is 0 Å². The van der Waals surface area contributed by atoms with E-state index < -0.39 is 5.82 Å². The molecule has 106 valence electrons. The zero-order chi connectivity index (χ0) is 14.4. The molecule has 1 aliphatic heterocycles. The van der Waals surface area contributed by atoms with Gasteiger partial charge in [0.1, 0.15) is 5.82 Å². The molecule has 1 aromatic carbocycles. The summed E-state index contributed by atoms with van der Waals surface area (Å²) in [7, 11) is 0. The van der Waals surface area contributed by atoms with Crippen LogP contribution in [0.4, 0.5) is 10.1 Å². The lowest BCUT2D eigenvalue weighted by Crippen LogP contribution is -2.36. The second kappa shape index (κ2) is 6.90. The summed E-state index contributed by atoms with van der Waals surface area (Å²) in [6.45, 7) is 2.08. The Labute approximate surface area is 118 Å². The van der Waals surface area contributed by atoms with Gasteiger partial charge in [0.15, 0.2) is 0 Å². The minimum absolute atomic E-state index is 0.117. The summed E-state index contributed by atoms with van der Waals surface area (Å²) in [6.07, 6.45) is 3.70. The highest BCUT2D eigenvalue weighted by atomic mass is 19.1. The molecule has 1 N–H and O–H groups in total. The molecule has 0 spiro atoms. The Bertz CT molecular complexity index is 518. The normalized spacial score (nSPS) is 14.7. The largest absolute Gasteiger partial charge is 0.382 e. The predicted octanol–water partition coefficient (Wildman–Crippen LogP) is 2.51. The van der Waals surface area contributed by atoms with E-state index in [0.29, 0.717) is 18.7 Å². The van der Waals surface area contributed by atoms with Crippen molar-refractivity contribution in [3.05, 3.63) is 29.6 Å². The number of likely N-dealkylation sites (tertiary alicyclic amines) is 1. The van der Waals surface area contributed by atoms with Gasteiger partial charge in [0.05, 0.1) is 17.3 Å². The molecule has 1 aromatic rings. The van der Waals surface area contributed by atoms with Crippen LogP contribution in [0.3, 0.4) is 0 Å². The number of carbonyl (C=O) groups excluding carboxylic acids is 1. The highest BCUT2D eigenvalue weighted by molar-refractivity contribution is 5.76. The van der Waals surface area contributed by atoms with E-state index in [1.54, 1.807) is 6.07 Å². The highest BCUT2D eigenvalue weighted by Gasteiger charge is 2.15. The Morgan fingerprint density at radius 2 is 2.10 bits per heavy atom. The summed E-state index contributed by atoms with van der Waals surface area (Å²) in [5.41, 5.74) is 0.618. The number of amides is 1. The number of hydrogen-bond acceptors (Lipinski definition) is 3. The number of benzene rings is 1. The van der Waals surface area contributed by atoms with Gasteiger partial charge in [-0.25, -0.2) is 4.39 Å². The summed E-state index contributed by atoms with van der Waals surface area (Å²) in [5, 5.41) is 11.6. The van der Waals surface area contributed by atoms with Crippen molar-refractivity contribution in [3.8, 4) is 6.07 Å². The molecular weight excluding hydrogens is 257 g/mol. The lowest BCUT2D eigenvalue weighted by atomic mass is 10.1. The maximum Gasteiger partial charge on any atom is 0.224 e. The third-order valence-corrected chi connectivity index (χ3v) is 3.46. The number of nitriles is 1. The first-order valence-electron chi connectivity index (χ1n) is 6.92. The Balaban J connectivity index is 1.80. The highest BCUT2D eigenvalue weighted by Crippen LogP contribution is 2.15. The molecule has 0 unspecified atom stereocenters. The van der Waals surface area contributed by atoms with Gasteiger partial charge < -0.3 is 10.2 Å². The average Bonchev–Trinajstić information content (AvgIpc) is 2.49. The van der Waals surface area contributed by atoms with E-state index in [9.17, 15) is 9.18 Å². The standard InChI is InChI=1S/C15H18FN3O/c16-13-10-12(11-17)4-5-14(13)18-7-6-15(20)19-8-2-1-3-9-19/h4-5,10,18H,1-3,6-9H2. The number of anilines is 1. The van der Waals surface area contributed by atoms with Crippen molar-refractivity contribution in [1.82, 2.24) is 4.90 Å². The lowest BCUT2D eigenvalue weighted by Gasteiger charge is -2.26. The van der Waals surface area contributed by atoms with Crippen LogP contribution in [0.5, 0.6) is 0 Å². The molecule has 1 heterocycles. The summed E-state index contributed by atoms with van der Waals surface area (Å²) >= 11 is 0. The molecule has 0 aliphatic carbocycles. The number of carbonyl (C=O) groups is 1. The summed E-state index contributed by atoms with van der Waals surface area (Å²) in [5.74, 6) is -0.347. The molecule has 0 aromatic heterocycles. The topological polar surface area (TPSA) is 56.1 Å². The second-order valence-electron chi connectivity index (χ2n) is 4.92. The van der Waals surface area contributed by atoms with Crippen LogP contribution in [0.15, 0.2) is 18.2 Å². The Morgan fingerprint density at radius 1 is 1.35 bits per heavy atom. The number of nitrogens with one attached hydrogen (secondary N) is 1. The fourth-order valence-corrected chi connectivity index (χ4v) is 2.33. The van der Waals surface area contributed by atoms with Crippen molar-refractivity contribution < 1.29 is 9.18 Å². The van der Waals surface area contributed by atoms with E-state index in [-0.39, 0.29) is 11.5 Å². The molecule has 0 radical (unpaired) electrons. The SMILES string of the molecule is N#Cc1ccc(NCCC(=O)N2CCCCC2)c(F)c1. The third kappa shape index (κ3) is 3.70. The molecule has 1 fully saturated rings. The van der Waals surface area contributed by atoms with Crippen LogP contribution in [-0.4, -0.2) is 30.4 Å². The van der Waals surface area contributed by atoms with Crippen LogP contribution in [0.1, 0.15) is 31.2 Å². The molecule has 1 aliphatic rings. The van der Waals surface area contributed by atoms with Gasteiger partial charge in [-0.3, -0.25) is 4.79 Å². The van der Waals surface area contributed by atoms with Crippen LogP contribution in [0.2, 0.25) is 0 Å². The lowest BCUT2D eigenvalue weighted by molar-refractivity contribution is -0.131. The van der Waals surface area contributed by atoms with E-state index in [1.807, 2.05) is 11.0 Å². The van der Waals surface area contributed by atoms with Crippen LogP contribution < -0.4 is 5.32 Å². The van der Waals surface area contributed by atoms with Crippen molar-refractivity contribution >= 4 is 11.6 Å². The number of hydrogen-bond donors (Lipinski definition) is 1. The fourth-order valence-electron chi connectivity index (χ4n) is 2.33. The van der Waals surface area contributed by atoms with Crippen molar-refractivity contribution in [2.75, 3.05) is 25.0 Å². The molecule has 1 saturated heterocycles. The van der Waals surface area contributed by atoms with Gasteiger partial charge in [-0.05, 0) is 37.5 Å². The van der Waals surface area contributed by atoms with Crippen molar-refractivity contribution in [3.63, 3.8) is 0 Å². The molecule has 0 bridgehead atoms. The summed E-state index contributed by atoms with van der Waals surface area (Å²) < 4.78 is 13.6. The van der Waals surface area contributed by atoms with Gasteiger partial charge in [0, 0.05) is 26.1 Å². The first kappa shape index (κ1) is 14.3. The second-order valence-corrected chi connectivity index (χ2v) is 4.92. The Hall–Kier alpha value is -2.09.